The lowest BCUT2D eigenvalue weighted by Gasteiger charge is -2.27. The zero-order valence-electron chi connectivity index (χ0n) is 11.9. The summed E-state index contributed by atoms with van der Waals surface area (Å²) in [7, 11) is 0. The summed E-state index contributed by atoms with van der Waals surface area (Å²) in [5.74, 6) is 2.20. The van der Waals surface area contributed by atoms with Crippen LogP contribution in [-0.2, 0) is 0 Å². The standard InChI is InChI=1S/C15H18N2O3/c1-5-15(6-2,7-3)16-14(18)12-9-8-11(4)13(10-12)17(19)20/h1,8-10H,6-7H2,2-4H3,(H,16,18). The van der Waals surface area contributed by atoms with Crippen LogP contribution >= 0.6 is 0 Å². The highest BCUT2D eigenvalue weighted by Gasteiger charge is 2.26. The first-order valence-corrected chi connectivity index (χ1v) is 6.44. The molecule has 20 heavy (non-hydrogen) atoms. The quantitative estimate of drug-likeness (QED) is 0.510. The van der Waals surface area contributed by atoms with Crippen molar-refractivity contribution in [2.75, 3.05) is 0 Å². The van der Waals surface area contributed by atoms with Crippen molar-refractivity contribution in [2.45, 2.75) is 39.2 Å². The van der Waals surface area contributed by atoms with Gasteiger partial charge in [-0.15, -0.1) is 6.42 Å². The van der Waals surface area contributed by atoms with Gasteiger partial charge in [0.2, 0.25) is 0 Å². The molecule has 1 N–H and O–H groups in total. The Bertz CT molecular complexity index is 569. The van der Waals surface area contributed by atoms with Crippen LogP contribution in [0.25, 0.3) is 0 Å². The predicted octanol–water partition coefficient (Wildman–Crippen LogP) is 2.83. The van der Waals surface area contributed by atoms with E-state index in [4.69, 9.17) is 6.42 Å². The summed E-state index contributed by atoms with van der Waals surface area (Å²) in [4.78, 5) is 22.6. The van der Waals surface area contributed by atoms with Crippen molar-refractivity contribution >= 4 is 11.6 Å². The maximum Gasteiger partial charge on any atom is 0.273 e. The molecule has 0 saturated carbocycles. The van der Waals surface area contributed by atoms with Crippen LogP contribution in [0.3, 0.4) is 0 Å². The molecule has 1 rings (SSSR count). The first-order chi connectivity index (χ1) is 9.39. The molecule has 0 heterocycles. The fraction of sp³-hybridized carbons (Fsp3) is 0.400. The number of nitro groups is 1. The highest BCUT2D eigenvalue weighted by Crippen LogP contribution is 2.20. The second-order valence-electron chi connectivity index (χ2n) is 4.65. The van der Waals surface area contributed by atoms with Gasteiger partial charge in [-0.25, -0.2) is 0 Å². The Labute approximate surface area is 118 Å². The largest absolute Gasteiger partial charge is 0.336 e. The van der Waals surface area contributed by atoms with E-state index in [-0.39, 0.29) is 11.3 Å². The SMILES string of the molecule is C#CC(CC)(CC)NC(=O)c1ccc(C)c([N+](=O)[O-])c1. The van der Waals surface area contributed by atoms with E-state index in [1.807, 2.05) is 13.8 Å². The van der Waals surface area contributed by atoms with Crippen LogP contribution in [-0.4, -0.2) is 16.4 Å². The molecule has 5 nitrogen and oxygen atoms in total. The van der Waals surface area contributed by atoms with Crippen molar-refractivity contribution in [3.05, 3.63) is 39.4 Å². The number of nitrogens with zero attached hydrogens (tertiary/aromatic N) is 1. The lowest BCUT2D eigenvalue weighted by atomic mass is 9.93. The van der Waals surface area contributed by atoms with Crippen LogP contribution in [0.15, 0.2) is 18.2 Å². The number of rotatable bonds is 5. The first kappa shape index (κ1) is 15.7. The first-order valence-electron chi connectivity index (χ1n) is 6.44. The van der Waals surface area contributed by atoms with Gasteiger partial charge in [-0.2, -0.15) is 0 Å². The van der Waals surface area contributed by atoms with Crippen molar-refractivity contribution < 1.29 is 9.72 Å². The molecule has 1 aromatic carbocycles. The van der Waals surface area contributed by atoms with Gasteiger partial charge in [-0.3, -0.25) is 14.9 Å². The van der Waals surface area contributed by atoms with E-state index in [9.17, 15) is 14.9 Å². The normalized spacial score (nSPS) is 10.7. The maximum atomic E-state index is 12.2. The Morgan fingerprint density at radius 1 is 1.45 bits per heavy atom. The smallest absolute Gasteiger partial charge is 0.273 e. The van der Waals surface area contributed by atoms with E-state index in [2.05, 4.69) is 11.2 Å². The summed E-state index contributed by atoms with van der Waals surface area (Å²) >= 11 is 0. The number of hydrogen-bond acceptors (Lipinski definition) is 3. The van der Waals surface area contributed by atoms with E-state index >= 15 is 0 Å². The summed E-state index contributed by atoms with van der Waals surface area (Å²) in [5, 5.41) is 13.7. The van der Waals surface area contributed by atoms with Crippen molar-refractivity contribution in [3.8, 4) is 12.3 Å². The highest BCUT2D eigenvalue weighted by atomic mass is 16.6. The van der Waals surface area contributed by atoms with Crippen molar-refractivity contribution in [1.82, 2.24) is 5.32 Å². The van der Waals surface area contributed by atoms with E-state index in [1.54, 1.807) is 19.1 Å². The molecule has 0 aliphatic carbocycles. The molecule has 0 aromatic heterocycles. The Kier molecular flexibility index (Phi) is 4.87. The molecule has 0 unspecified atom stereocenters. The van der Waals surface area contributed by atoms with Gasteiger partial charge in [0.25, 0.3) is 11.6 Å². The van der Waals surface area contributed by atoms with Gasteiger partial charge in [-0.1, -0.05) is 25.8 Å². The molecule has 0 aliphatic rings. The molecule has 0 aliphatic heterocycles. The number of benzene rings is 1. The summed E-state index contributed by atoms with van der Waals surface area (Å²) in [6, 6.07) is 4.39. The van der Waals surface area contributed by atoms with Gasteiger partial charge in [0.05, 0.1) is 4.92 Å². The number of hydrogen-bond donors (Lipinski definition) is 1. The second-order valence-corrected chi connectivity index (χ2v) is 4.65. The van der Waals surface area contributed by atoms with E-state index in [0.717, 1.165) is 0 Å². The second kappa shape index (κ2) is 6.20. The number of nitrogens with one attached hydrogen (secondary N) is 1. The molecule has 1 amide bonds. The average Bonchev–Trinajstić information content (AvgIpc) is 2.45. The number of carbonyl (C=O) groups excluding carboxylic acids is 1. The van der Waals surface area contributed by atoms with Gasteiger partial charge in [0, 0.05) is 17.2 Å². The number of amides is 1. The number of nitro benzene ring substituents is 1. The minimum atomic E-state index is -0.712. The van der Waals surface area contributed by atoms with E-state index in [0.29, 0.717) is 18.4 Å². The molecule has 0 saturated heterocycles. The minimum absolute atomic E-state index is 0.0723. The third-order valence-corrected chi connectivity index (χ3v) is 3.50. The maximum absolute atomic E-state index is 12.2. The van der Waals surface area contributed by atoms with Crippen LogP contribution in [0.1, 0.15) is 42.6 Å². The predicted molar refractivity (Wildman–Crippen MR) is 77.4 cm³/mol. The van der Waals surface area contributed by atoms with Crippen LogP contribution in [0.5, 0.6) is 0 Å². The van der Waals surface area contributed by atoms with Crippen LogP contribution < -0.4 is 5.32 Å². The number of terminal acetylenes is 1. The third kappa shape index (κ3) is 3.15. The van der Waals surface area contributed by atoms with Crippen LogP contribution in [0.2, 0.25) is 0 Å². The van der Waals surface area contributed by atoms with Crippen molar-refractivity contribution in [1.29, 1.82) is 0 Å². The number of carbonyl (C=O) groups is 1. The molecular weight excluding hydrogens is 256 g/mol. The molecule has 5 heteroatoms. The molecule has 0 radical (unpaired) electrons. The third-order valence-electron chi connectivity index (χ3n) is 3.50. The topological polar surface area (TPSA) is 72.2 Å². The molecule has 106 valence electrons. The van der Waals surface area contributed by atoms with Crippen molar-refractivity contribution in [2.24, 2.45) is 0 Å². The summed E-state index contributed by atoms with van der Waals surface area (Å²) in [5.41, 5.74) is -0.0296. The summed E-state index contributed by atoms with van der Waals surface area (Å²) < 4.78 is 0. The fourth-order valence-corrected chi connectivity index (χ4v) is 1.90. The Hall–Kier alpha value is -2.35. The molecule has 1 aromatic rings. The van der Waals surface area contributed by atoms with Gasteiger partial charge < -0.3 is 5.32 Å². The molecular formula is C15H18N2O3. The molecule has 0 bridgehead atoms. The van der Waals surface area contributed by atoms with Gasteiger partial charge in [0.15, 0.2) is 0 Å². The van der Waals surface area contributed by atoms with E-state index < -0.39 is 16.4 Å². The minimum Gasteiger partial charge on any atom is -0.336 e. The summed E-state index contributed by atoms with van der Waals surface area (Å²) in [6.45, 7) is 5.41. The highest BCUT2D eigenvalue weighted by molar-refractivity contribution is 5.95. The van der Waals surface area contributed by atoms with Crippen LogP contribution in [0, 0.1) is 29.4 Å². The molecule has 0 spiro atoms. The Morgan fingerprint density at radius 3 is 2.50 bits per heavy atom. The average molecular weight is 274 g/mol. The zero-order chi connectivity index (χ0) is 15.3. The molecule has 0 fully saturated rings. The summed E-state index contributed by atoms with van der Waals surface area (Å²) in [6.07, 6.45) is 6.68. The Balaban J connectivity index is 3.08. The monoisotopic (exact) mass is 274 g/mol. The lowest BCUT2D eigenvalue weighted by Crippen LogP contribution is -2.46. The Morgan fingerprint density at radius 2 is 2.05 bits per heavy atom. The zero-order valence-corrected chi connectivity index (χ0v) is 11.9. The fourth-order valence-electron chi connectivity index (χ4n) is 1.90. The number of aryl methyl sites for hydroxylation is 1. The lowest BCUT2D eigenvalue weighted by molar-refractivity contribution is -0.385. The van der Waals surface area contributed by atoms with Crippen LogP contribution in [0.4, 0.5) is 5.69 Å². The van der Waals surface area contributed by atoms with Gasteiger partial charge in [0.1, 0.15) is 5.54 Å². The van der Waals surface area contributed by atoms with E-state index in [1.165, 1.54) is 6.07 Å². The van der Waals surface area contributed by atoms with Gasteiger partial charge >= 0.3 is 0 Å². The van der Waals surface area contributed by atoms with Gasteiger partial charge in [-0.05, 0) is 25.8 Å². The molecule has 0 atom stereocenters. The van der Waals surface area contributed by atoms with Crippen molar-refractivity contribution in [3.63, 3.8) is 0 Å².